The molecular weight excluding hydrogens is 400 g/mol. The second-order valence-electron chi connectivity index (χ2n) is 8.12. The molecule has 164 valence electrons. The number of rotatable bonds is 6. The molecule has 2 aromatic rings. The lowest BCUT2D eigenvalue weighted by atomic mass is 10.00. The highest BCUT2D eigenvalue weighted by Gasteiger charge is 2.35. The van der Waals surface area contributed by atoms with Crippen LogP contribution >= 0.6 is 0 Å². The molecule has 3 rings (SSSR count). The van der Waals surface area contributed by atoms with Crippen molar-refractivity contribution in [2.75, 3.05) is 17.4 Å². The standard InChI is InChI=1S/C22H32N4O3S/c1-6-19-9-7-8-14-25(19)21(27)15-26(20-12-10-16(2)11-13-20)30(28,29)22-17(3)23-24(5)18(22)4/h10-13,19H,6-9,14-15H2,1-5H3/t19-/m1/s1. The molecule has 0 N–H and O–H groups in total. The lowest BCUT2D eigenvalue weighted by Crippen LogP contribution is -2.49. The zero-order valence-corrected chi connectivity index (χ0v) is 19.4. The first-order valence-electron chi connectivity index (χ1n) is 10.6. The first kappa shape index (κ1) is 22.3. The first-order chi connectivity index (χ1) is 14.2. The van der Waals surface area contributed by atoms with Crippen molar-refractivity contribution in [2.24, 2.45) is 7.05 Å². The van der Waals surface area contributed by atoms with E-state index in [9.17, 15) is 13.2 Å². The molecule has 30 heavy (non-hydrogen) atoms. The van der Waals surface area contributed by atoms with E-state index in [0.717, 1.165) is 31.2 Å². The predicted octanol–water partition coefficient (Wildman–Crippen LogP) is 3.33. The van der Waals surface area contributed by atoms with E-state index in [4.69, 9.17) is 0 Å². The molecule has 8 heteroatoms. The summed E-state index contributed by atoms with van der Waals surface area (Å²) in [5, 5.41) is 4.28. The van der Waals surface area contributed by atoms with Gasteiger partial charge in [-0.05, 0) is 58.6 Å². The molecule has 1 aliphatic heterocycles. The fourth-order valence-electron chi connectivity index (χ4n) is 4.23. The molecule has 0 saturated carbocycles. The number of anilines is 1. The summed E-state index contributed by atoms with van der Waals surface area (Å²) in [6.07, 6.45) is 3.92. The zero-order valence-electron chi connectivity index (χ0n) is 18.6. The smallest absolute Gasteiger partial charge is 0.268 e. The van der Waals surface area contributed by atoms with Gasteiger partial charge in [0, 0.05) is 19.6 Å². The number of likely N-dealkylation sites (tertiary alicyclic amines) is 1. The Labute approximate surface area is 179 Å². The number of hydrogen-bond acceptors (Lipinski definition) is 4. The van der Waals surface area contributed by atoms with E-state index in [2.05, 4.69) is 12.0 Å². The van der Waals surface area contributed by atoms with Crippen LogP contribution in [0.3, 0.4) is 0 Å². The molecule has 1 aromatic heterocycles. The van der Waals surface area contributed by atoms with Crippen LogP contribution in [0, 0.1) is 20.8 Å². The Balaban J connectivity index is 2.03. The van der Waals surface area contributed by atoms with Gasteiger partial charge in [-0.1, -0.05) is 24.6 Å². The van der Waals surface area contributed by atoms with E-state index in [0.29, 0.717) is 23.6 Å². The molecule has 7 nitrogen and oxygen atoms in total. The Hall–Kier alpha value is -2.35. The van der Waals surface area contributed by atoms with Crippen molar-refractivity contribution in [1.29, 1.82) is 0 Å². The van der Waals surface area contributed by atoms with Crippen LogP contribution in [0.4, 0.5) is 5.69 Å². The minimum absolute atomic E-state index is 0.148. The second kappa shape index (κ2) is 8.79. The summed E-state index contributed by atoms with van der Waals surface area (Å²) in [5.74, 6) is -0.148. The molecule has 0 radical (unpaired) electrons. The Bertz CT molecular complexity index is 1010. The topological polar surface area (TPSA) is 75.5 Å². The van der Waals surface area contributed by atoms with Gasteiger partial charge in [0.15, 0.2) is 0 Å². The second-order valence-corrected chi connectivity index (χ2v) is 9.91. The summed E-state index contributed by atoms with van der Waals surface area (Å²) in [5.41, 5.74) is 2.50. The van der Waals surface area contributed by atoms with Gasteiger partial charge in [-0.3, -0.25) is 13.8 Å². The normalized spacial score (nSPS) is 17.2. The summed E-state index contributed by atoms with van der Waals surface area (Å²) in [6, 6.07) is 7.42. The van der Waals surface area contributed by atoms with Gasteiger partial charge < -0.3 is 4.90 Å². The van der Waals surface area contributed by atoms with Crippen LogP contribution < -0.4 is 4.31 Å². The summed E-state index contributed by atoms with van der Waals surface area (Å²) in [6.45, 7) is 7.92. The van der Waals surface area contributed by atoms with E-state index in [-0.39, 0.29) is 23.4 Å². The molecule has 0 spiro atoms. The number of piperidine rings is 1. The number of carbonyl (C=O) groups excluding carboxylic acids is 1. The van der Waals surface area contributed by atoms with Crippen molar-refractivity contribution >= 4 is 21.6 Å². The fraction of sp³-hybridized carbons (Fsp3) is 0.545. The highest BCUT2D eigenvalue weighted by molar-refractivity contribution is 7.93. The average Bonchev–Trinajstić information content (AvgIpc) is 2.98. The van der Waals surface area contributed by atoms with Gasteiger partial charge >= 0.3 is 0 Å². The van der Waals surface area contributed by atoms with Crippen LogP contribution in [-0.2, 0) is 21.9 Å². The fourth-order valence-corrected chi connectivity index (χ4v) is 6.05. The number of sulfonamides is 1. The lowest BCUT2D eigenvalue weighted by molar-refractivity contribution is -0.133. The van der Waals surface area contributed by atoms with Gasteiger partial charge in [-0.15, -0.1) is 0 Å². The molecule has 0 bridgehead atoms. The van der Waals surface area contributed by atoms with Crippen molar-refractivity contribution < 1.29 is 13.2 Å². The quantitative estimate of drug-likeness (QED) is 0.702. The maximum Gasteiger partial charge on any atom is 0.268 e. The van der Waals surface area contributed by atoms with E-state index in [1.807, 2.05) is 24.0 Å². The number of amides is 1. The highest BCUT2D eigenvalue weighted by atomic mass is 32.2. The third-order valence-electron chi connectivity index (χ3n) is 6.01. The minimum atomic E-state index is -3.96. The van der Waals surface area contributed by atoms with Crippen molar-refractivity contribution in [3.63, 3.8) is 0 Å². The largest absolute Gasteiger partial charge is 0.338 e. The van der Waals surface area contributed by atoms with E-state index in [1.165, 1.54) is 4.31 Å². The molecule has 2 heterocycles. The maximum absolute atomic E-state index is 13.7. The molecule has 1 fully saturated rings. The number of aryl methyl sites for hydroxylation is 3. The lowest BCUT2D eigenvalue weighted by Gasteiger charge is -2.37. The summed E-state index contributed by atoms with van der Waals surface area (Å²) in [4.78, 5) is 15.3. The maximum atomic E-state index is 13.7. The third kappa shape index (κ3) is 4.24. The van der Waals surface area contributed by atoms with Gasteiger partial charge in [-0.25, -0.2) is 8.42 Å². The number of hydrogen-bond donors (Lipinski definition) is 0. The Morgan fingerprint density at radius 2 is 1.83 bits per heavy atom. The van der Waals surface area contributed by atoms with Crippen molar-refractivity contribution in [3.8, 4) is 0 Å². The SMILES string of the molecule is CC[C@@H]1CCCCN1C(=O)CN(c1ccc(C)cc1)S(=O)(=O)c1c(C)nn(C)c1C. The first-order valence-corrected chi connectivity index (χ1v) is 12.0. The van der Waals surface area contributed by atoms with Crippen LogP contribution in [-0.4, -0.2) is 48.1 Å². The van der Waals surface area contributed by atoms with Crippen molar-refractivity contribution in [2.45, 2.75) is 64.3 Å². The van der Waals surface area contributed by atoms with Crippen LogP contribution in [0.25, 0.3) is 0 Å². The van der Waals surface area contributed by atoms with Gasteiger partial charge in [0.1, 0.15) is 11.4 Å². The van der Waals surface area contributed by atoms with Crippen LogP contribution in [0.1, 0.15) is 49.6 Å². The Kier molecular flexibility index (Phi) is 6.55. The van der Waals surface area contributed by atoms with Crippen LogP contribution in [0.2, 0.25) is 0 Å². The number of benzene rings is 1. The summed E-state index contributed by atoms with van der Waals surface area (Å²) in [7, 11) is -2.24. The molecule has 0 unspecified atom stereocenters. The van der Waals surface area contributed by atoms with Gasteiger partial charge in [0.25, 0.3) is 10.0 Å². The number of aromatic nitrogens is 2. The Morgan fingerprint density at radius 3 is 2.40 bits per heavy atom. The van der Waals surface area contributed by atoms with Gasteiger partial charge in [-0.2, -0.15) is 5.10 Å². The van der Waals surface area contributed by atoms with Crippen molar-refractivity contribution in [3.05, 3.63) is 41.2 Å². The van der Waals surface area contributed by atoms with E-state index >= 15 is 0 Å². The molecule has 1 aromatic carbocycles. The highest BCUT2D eigenvalue weighted by Crippen LogP contribution is 2.29. The van der Waals surface area contributed by atoms with Crippen LogP contribution in [0.15, 0.2) is 29.2 Å². The summed E-state index contributed by atoms with van der Waals surface area (Å²) >= 11 is 0. The molecule has 1 atom stereocenters. The molecule has 1 saturated heterocycles. The monoisotopic (exact) mass is 432 g/mol. The number of nitrogens with zero attached hydrogens (tertiary/aromatic N) is 4. The molecule has 0 aliphatic carbocycles. The molecular formula is C22H32N4O3S. The van der Waals surface area contributed by atoms with Gasteiger partial charge in [0.05, 0.1) is 17.1 Å². The van der Waals surface area contributed by atoms with E-state index in [1.54, 1.807) is 37.7 Å². The van der Waals surface area contributed by atoms with Crippen molar-refractivity contribution in [1.82, 2.24) is 14.7 Å². The number of carbonyl (C=O) groups is 1. The predicted molar refractivity (Wildman–Crippen MR) is 118 cm³/mol. The zero-order chi connectivity index (χ0) is 22.1. The van der Waals surface area contributed by atoms with Gasteiger partial charge in [0.2, 0.25) is 5.91 Å². The average molecular weight is 433 g/mol. The van der Waals surface area contributed by atoms with Crippen LogP contribution in [0.5, 0.6) is 0 Å². The third-order valence-corrected chi connectivity index (χ3v) is 8.04. The summed E-state index contributed by atoms with van der Waals surface area (Å²) < 4.78 is 30.3. The van der Waals surface area contributed by atoms with E-state index < -0.39 is 10.0 Å². The minimum Gasteiger partial charge on any atom is -0.338 e. The molecule has 1 amide bonds. The molecule has 1 aliphatic rings. The Morgan fingerprint density at radius 1 is 1.17 bits per heavy atom.